The number of thiophene rings is 1. The third kappa shape index (κ3) is 10.9. The van der Waals surface area contributed by atoms with Gasteiger partial charge in [0.25, 0.3) is 5.91 Å². The maximum absolute atomic E-state index is 13.8. The number of amidine groups is 1. The van der Waals surface area contributed by atoms with Crippen LogP contribution in [0.5, 0.6) is 0 Å². The fourth-order valence-corrected chi connectivity index (χ4v) is 9.49. The van der Waals surface area contributed by atoms with Crippen molar-refractivity contribution in [3.63, 3.8) is 0 Å². The van der Waals surface area contributed by atoms with E-state index in [4.69, 9.17) is 4.99 Å². The number of carboxylic acids is 1. The summed E-state index contributed by atoms with van der Waals surface area (Å²) in [5, 5.41) is 12.7. The first-order chi connectivity index (χ1) is 25.9. The van der Waals surface area contributed by atoms with E-state index in [1.165, 1.54) is 79.6 Å². The van der Waals surface area contributed by atoms with Crippen molar-refractivity contribution in [1.29, 1.82) is 0 Å². The first-order valence-corrected chi connectivity index (χ1v) is 21.1. The first kappa shape index (κ1) is 41.3. The number of nitrogens with one attached hydrogen (secondary N) is 1. The molecule has 2 N–H and O–H groups in total. The van der Waals surface area contributed by atoms with Crippen molar-refractivity contribution < 1.29 is 19.5 Å². The van der Waals surface area contributed by atoms with E-state index in [-0.39, 0.29) is 23.7 Å². The van der Waals surface area contributed by atoms with Crippen molar-refractivity contribution in [2.75, 3.05) is 6.54 Å². The fourth-order valence-electron chi connectivity index (χ4n) is 8.53. The number of carbonyl (C=O) groups excluding carboxylic acids is 2. The number of carbonyl (C=O) groups is 3. The summed E-state index contributed by atoms with van der Waals surface area (Å²) in [7, 11) is 0. The Morgan fingerprint density at radius 2 is 1.76 bits per heavy atom. The van der Waals surface area contributed by atoms with Gasteiger partial charge >= 0.3 is 5.97 Å². The van der Waals surface area contributed by atoms with Crippen LogP contribution in [0.3, 0.4) is 0 Å². The highest BCUT2D eigenvalue weighted by Crippen LogP contribution is 2.41. The Labute approximate surface area is 327 Å². The zero-order chi connectivity index (χ0) is 38.8. The molecule has 3 atom stereocenters. The molecule has 2 aromatic rings. The second kappa shape index (κ2) is 19.1. The van der Waals surface area contributed by atoms with Crippen LogP contribution in [0.25, 0.3) is 0 Å². The number of nitrogens with zero attached hydrogens (tertiary/aromatic N) is 3. The van der Waals surface area contributed by atoms with Gasteiger partial charge in [-0.3, -0.25) is 9.59 Å². The molecule has 1 aliphatic heterocycles. The van der Waals surface area contributed by atoms with Gasteiger partial charge in [0, 0.05) is 29.6 Å². The Hall–Kier alpha value is -3.85. The van der Waals surface area contributed by atoms with Gasteiger partial charge in [0.2, 0.25) is 5.91 Å². The highest BCUT2D eigenvalue weighted by Gasteiger charge is 2.38. The van der Waals surface area contributed by atoms with Gasteiger partial charge in [-0.25, -0.2) is 14.8 Å². The van der Waals surface area contributed by atoms with Crippen LogP contribution in [0.15, 0.2) is 69.8 Å². The highest BCUT2D eigenvalue weighted by molar-refractivity contribution is 7.14. The molecule has 54 heavy (non-hydrogen) atoms. The molecule has 1 aromatic heterocycles. The molecule has 1 unspecified atom stereocenters. The minimum atomic E-state index is -1.02. The monoisotopic (exact) mass is 754 g/mol. The van der Waals surface area contributed by atoms with E-state index < -0.39 is 18.1 Å². The lowest BCUT2D eigenvalue weighted by molar-refractivity contribution is -0.148. The number of allylic oxidation sites excluding steroid dienone is 3. The molecule has 2 aliphatic carbocycles. The van der Waals surface area contributed by atoms with Crippen LogP contribution in [0.1, 0.15) is 144 Å². The van der Waals surface area contributed by atoms with E-state index in [0.29, 0.717) is 30.1 Å². The van der Waals surface area contributed by atoms with Crippen molar-refractivity contribution in [1.82, 2.24) is 10.2 Å². The van der Waals surface area contributed by atoms with E-state index >= 15 is 0 Å². The zero-order valence-electron chi connectivity index (χ0n) is 33.2. The summed E-state index contributed by atoms with van der Waals surface area (Å²) in [6.45, 7) is 14.8. The number of hydrogen-bond donors (Lipinski definition) is 2. The normalized spacial score (nSPS) is 23.1. The third-order valence-electron chi connectivity index (χ3n) is 11.9. The average molecular weight is 755 g/mol. The second-order valence-electron chi connectivity index (χ2n) is 16.8. The van der Waals surface area contributed by atoms with Crippen molar-refractivity contribution in [3.05, 3.63) is 80.7 Å². The SMILES string of the molecule is C=N/C(=N\C=C(/C)C1=CCC(C2CCC(CCCCC)CC2)CC1)c1ccc(C[C@H](NC(=O)c2ccc(C(C)(C)C)s2)C(=O)N2CCC[C@H]2C(=O)O)cc1. The van der Waals surface area contributed by atoms with Gasteiger partial charge in [0.1, 0.15) is 12.1 Å². The lowest BCUT2D eigenvalue weighted by Crippen LogP contribution is -2.52. The lowest BCUT2D eigenvalue weighted by atomic mass is 9.70. The summed E-state index contributed by atoms with van der Waals surface area (Å²) < 4.78 is 0. The van der Waals surface area contributed by atoms with Crippen molar-refractivity contribution in [2.24, 2.45) is 27.7 Å². The van der Waals surface area contributed by atoms with Crippen molar-refractivity contribution >= 4 is 41.7 Å². The van der Waals surface area contributed by atoms with E-state index in [1.54, 1.807) is 6.07 Å². The van der Waals surface area contributed by atoms with E-state index in [9.17, 15) is 19.5 Å². The molecule has 1 saturated carbocycles. The van der Waals surface area contributed by atoms with Gasteiger partial charge in [-0.2, -0.15) is 0 Å². The minimum Gasteiger partial charge on any atom is -0.480 e. The molecule has 2 fully saturated rings. The van der Waals surface area contributed by atoms with E-state index in [0.717, 1.165) is 52.2 Å². The summed E-state index contributed by atoms with van der Waals surface area (Å²) in [4.78, 5) is 51.2. The third-order valence-corrected chi connectivity index (χ3v) is 13.4. The van der Waals surface area contributed by atoms with E-state index in [2.05, 4.69) is 57.7 Å². The first-order valence-electron chi connectivity index (χ1n) is 20.3. The average Bonchev–Trinajstić information content (AvgIpc) is 3.87. The molecule has 1 saturated heterocycles. The van der Waals surface area contributed by atoms with Crippen LogP contribution in [-0.2, 0) is 21.4 Å². The van der Waals surface area contributed by atoms with Crippen LogP contribution in [0.2, 0.25) is 0 Å². The Morgan fingerprint density at radius 1 is 1.02 bits per heavy atom. The van der Waals surface area contributed by atoms with Crippen molar-refractivity contribution in [2.45, 2.75) is 142 Å². The quantitative estimate of drug-likeness (QED) is 0.114. The molecule has 8 nitrogen and oxygen atoms in total. The lowest BCUT2D eigenvalue weighted by Gasteiger charge is -2.35. The molecular weight excluding hydrogens is 693 g/mol. The van der Waals surface area contributed by atoms with Crippen LogP contribution in [0.4, 0.5) is 0 Å². The number of carboxylic acid groups (broad SMARTS) is 1. The summed E-state index contributed by atoms with van der Waals surface area (Å²) in [5.74, 6) is 1.41. The summed E-state index contributed by atoms with van der Waals surface area (Å²) >= 11 is 1.41. The number of rotatable bonds is 14. The Bertz CT molecular complexity index is 1710. The maximum Gasteiger partial charge on any atom is 0.326 e. The number of amides is 2. The molecule has 0 bridgehead atoms. The Morgan fingerprint density at radius 3 is 2.37 bits per heavy atom. The molecule has 2 heterocycles. The van der Waals surface area contributed by atoms with Crippen LogP contribution < -0.4 is 5.32 Å². The predicted octanol–water partition coefficient (Wildman–Crippen LogP) is 9.93. The molecule has 2 amide bonds. The van der Waals surface area contributed by atoms with Crippen LogP contribution in [-0.4, -0.2) is 59.0 Å². The second-order valence-corrected chi connectivity index (χ2v) is 17.9. The topological polar surface area (TPSA) is 111 Å². The smallest absolute Gasteiger partial charge is 0.326 e. The Kier molecular flexibility index (Phi) is 14.6. The molecule has 1 aromatic carbocycles. The molecule has 0 radical (unpaired) electrons. The zero-order valence-corrected chi connectivity index (χ0v) is 34.1. The Balaban J connectivity index is 1.23. The summed E-state index contributed by atoms with van der Waals surface area (Å²) in [6.07, 6.45) is 20.2. The number of benzene rings is 1. The van der Waals surface area contributed by atoms with Gasteiger partial charge in [0.05, 0.1) is 4.88 Å². The van der Waals surface area contributed by atoms with Gasteiger partial charge in [0.15, 0.2) is 5.84 Å². The van der Waals surface area contributed by atoms with Crippen molar-refractivity contribution in [3.8, 4) is 0 Å². The molecular formula is C45H62N4O4S. The summed E-state index contributed by atoms with van der Waals surface area (Å²) in [5.41, 5.74) is 4.05. The molecule has 5 rings (SSSR count). The van der Waals surface area contributed by atoms with Gasteiger partial charge in [-0.15, -0.1) is 11.3 Å². The maximum atomic E-state index is 13.8. The molecule has 3 aliphatic rings. The summed E-state index contributed by atoms with van der Waals surface area (Å²) in [6, 6.07) is 9.54. The van der Waals surface area contributed by atoms with Crippen LogP contribution >= 0.6 is 11.3 Å². The molecule has 0 spiro atoms. The number of likely N-dealkylation sites (tertiary alicyclic amines) is 1. The van der Waals surface area contributed by atoms with Gasteiger partial charge in [-0.1, -0.05) is 96.6 Å². The fraction of sp³-hybridized carbons (Fsp3) is 0.578. The molecule has 9 heteroatoms. The van der Waals surface area contributed by atoms with E-state index in [1.807, 2.05) is 36.5 Å². The highest BCUT2D eigenvalue weighted by atomic mass is 32.1. The molecule has 292 valence electrons. The number of aliphatic carboxylic acids is 1. The number of hydrogen-bond acceptors (Lipinski definition) is 5. The number of unbranched alkanes of at least 4 members (excludes halogenated alkanes) is 2. The van der Waals surface area contributed by atoms with Crippen LogP contribution in [0, 0.1) is 17.8 Å². The predicted molar refractivity (Wildman–Crippen MR) is 222 cm³/mol. The van der Waals surface area contributed by atoms with Gasteiger partial charge < -0.3 is 15.3 Å². The largest absolute Gasteiger partial charge is 0.480 e. The van der Waals surface area contributed by atoms with Gasteiger partial charge in [-0.05, 0) is 111 Å². The standard InChI is InChI=1S/C45H62N4O4S/c1-7-8-9-11-31-13-17-34(18-14-31)35-23-21-33(22-24-35)30(2)29-47-41(46-6)36-19-15-32(16-20-36)28-37(43(51)49-27-10-12-38(49)44(52)53)48-42(50)39-25-26-40(54-39)45(3,4)5/h15-16,19-21,25-26,29,31,34-35,37-38H,6-14,17-18,22-24,27-28H2,1-5H3,(H,48,50)(H,52,53)/b30-29+,47-41-/t31?,34?,35?,37-,38-/m0/s1. The number of aliphatic imine (C=N–C) groups is 2. The minimum absolute atomic E-state index is 0.107.